The molecule has 1 rings (SSSR count). The van der Waals surface area contributed by atoms with Crippen molar-refractivity contribution in [3.8, 4) is 0 Å². The Hall–Kier alpha value is 0.803. The summed E-state index contributed by atoms with van der Waals surface area (Å²) in [5.74, 6) is 0. The molecular formula is C7H10Br2Ru. The van der Waals surface area contributed by atoms with Gasteiger partial charge in [-0.05, 0) is 6.92 Å². The number of rotatable bonds is 0. The molecule has 60 valence electrons. The van der Waals surface area contributed by atoms with Crippen LogP contribution >= 0.6 is 34.0 Å². The molecule has 1 aromatic rings. The normalized spacial score (nSPS) is 6.10. The first-order valence-electron chi connectivity index (χ1n) is 2.41. The van der Waals surface area contributed by atoms with E-state index in [0.717, 1.165) is 0 Å². The summed E-state index contributed by atoms with van der Waals surface area (Å²) in [6.45, 7) is 2.08. The van der Waals surface area contributed by atoms with E-state index in [1.54, 1.807) is 0 Å². The molecule has 0 aliphatic heterocycles. The molecule has 0 nitrogen and oxygen atoms in total. The largest absolute Gasteiger partial charge is 0.114 e. The first kappa shape index (κ1) is 17.1. The van der Waals surface area contributed by atoms with Gasteiger partial charge >= 0.3 is 0 Å². The first-order valence-corrected chi connectivity index (χ1v) is 2.41. The second-order valence-corrected chi connectivity index (χ2v) is 1.65. The van der Waals surface area contributed by atoms with Gasteiger partial charge in [-0.1, -0.05) is 35.9 Å². The minimum absolute atomic E-state index is 0. The number of halogens is 2. The molecule has 0 heterocycles. The monoisotopic (exact) mass is 354 g/mol. The average molecular weight is 355 g/mol. The number of hydrogen-bond donors (Lipinski definition) is 0. The molecule has 0 radical (unpaired) electrons. The van der Waals surface area contributed by atoms with Crippen molar-refractivity contribution in [3.05, 3.63) is 35.9 Å². The zero-order valence-electron chi connectivity index (χ0n) is 5.56. The fourth-order valence-corrected chi connectivity index (χ4v) is 0.534. The molecule has 0 N–H and O–H groups in total. The zero-order valence-corrected chi connectivity index (χ0v) is 10.7. The fourth-order valence-electron chi connectivity index (χ4n) is 0.534. The molecule has 10 heavy (non-hydrogen) atoms. The van der Waals surface area contributed by atoms with Gasteiger partial charge in [0.1, 0.15) is 0 Å². The standard InChI is InChI=1S/C7H8.2BrH.Ru/c1-7-5-3-2-4-6-7;;;/h2-6H,1H3;2*1H;. The maximum absolute atomic E-state index is 2.08. The van der Waals surface area contributed by atoms with Crippen molar-refractivity contribution in [2.45, 2.75) is 6.92 Å². The van der Waals surface area contributed by atoms with Gasteiger partial charge in [-0.25, -0.2) is 0 Å². The maximum atomic E-state index is 2.08. The van der Waals surface area contributed by atoms with Crippen molar-refractivity contribution in [3.63, 3.8) is 0 Å². The van der Waals surface area contributed by atoms with Crippen LogP contribution in [-0.2, 0) is 19.5 Å². The van der Waals surface area contributed by atoms with E-state index in [9.17, 15) is 0 Å². The van der Waals surface area contributed by atoms with Gasteiger partial charge in [0, 0.05) is 19.5 Å². The van der Waals surface area contributed by atoms with Gasteiger partial charge in [-0.2, -0.15) is 0 Å². The summed E-state index contributed by atoms with van der Waals surface area (Å²) in [6.07, 6.45) is 0. The van der Waals surface area contributed by atoms with E-state index in [0.29, 0.717) is 0 Å². The van der Waals surface area contributed by atoms with Crippen molar-refractivity contribution in [1.29, 1.82) is 0 Å². The molecule has 3 heteroatoms. The second-order valence-electron chi connectivity index (χ2n) is 1.65. The third kappa shape index (κ3) is 6.92. The summed E-state index contributed by atoms with van der Waals surface area (Å²) >= 11 is 0. The first-order chi connectivity index (χ1) is 3.39. The Kier molecular flexibility index (Phi) is 16.7. The summed E-state index contributed by atoms with van der Waals surface area (Å²) in [5.41, 5.74) is 1.32. The van der Waals surface area contributed by atoms with E-state index >= 15 is 0 Å². The van der Waals surface area contributed by atoms with Gasteiger partial charge in [0.15, 0.2) is 0 Å². The molecule has 0 bridgehead atoms. The molecule has 0 fully saturated rings. The van der Waals surface area contributed by atoms with Gasteiger partial charge in [0.25, 0.3) is 0 Å². The van der Waals surface area contributed by atoms with Crippen molar-refractivity contribution >= 4 is 34.0 Å². The molecule has 0 aromatic heterocycles. The third-order valence-electron chi connectivity index (χ3n) is 0.940. The smallest absolute Gasteiger partial charge is 0 e. The molecule has 0 amide bonds. The average Bonchev–Trinajstić information content (AvgIpc) is 1.69. The van der Waals surface area contributed by atoms with Crippen LogP contribution in [-0.4, -0.2) is 0 Å². The van der Waals surface area contributed by atoms with Crippen LogP contribution in [0.5, 0.6) is 0 Å². The quantitative estimate of drug-likeness (QED) is 0.628. The van der Waals surface area contributed by atoms with E-state index in [2.05, 4.69) is 19.1 Å². The van der Waals surface area contributed by atoms with E-state index in [4.69, 9.17) is 0 Å². The van der Waals surface area contributed by atoms with E-state index in [-0.39, 0.29) is 53.4 Å². The molecule has 0 aliphatic rings. The number of benzene rings is 1. The van der Waals surface area contributed by atoms with Gasteiger partial charge in [0.05, 0.1) is 0 Å². The van der Waals surface area contributed by atoms with Gasteiger partial charge in [-0.15, -0.1) is 34.0 Å². The number of aryl methyl sites for hydroxylation is 1. The predicted molar refractivity (Wildman–Crippen MR) is 51.8 cm³/mol. The van der Waals surface area contributed by atoms with E-state index in [1.165, 1.54) is 5.56 Å². The summed E-state index contributed by atoms with van der Waals surface area (Å²) < 4.78 is 0. The van der Waals surface area contributed by atoms with Gasteiger partial charge in [-0.3, -0.25) is 0 Å². The molecule has 0 aliphatic carbocycles. The molecule has 0 saturated carbocycles. The van der Waals surface area contributed by atoms with Crippen molar-refractivity contribution in [2.24, 2.45) is 0 Å². The minimum atomic E-state index is 0. The van der Waals surface area contributed by atoms with E-state index in [1.807, 2.05) is 18.2 Å². The Morgan fingerprint density at radius 2 is 1.30 bits per heavy atom. The topological polar surface area (TPSA) is 0 Å². The van der Waals surface area contributed by atoms with Crippen LogP contribution in [0, 0.1) is 6.92 Å². The maximum Gasteiger partial charge on any atom is 0 e. The van der Waals surface area contributed by atoms with Crippen LogP contribution in [0.3, 0.4) is 0 Å². The molecule has 0 atom stereocenters. The molecular weight excluding hydrogens is 345 g/mol. The SMILES string of the molecule is Br.Br.Cc1ccccc1.[Ru]. The van der Waals surface area contributed by atoms with Crippen LogP contribution in [0.4, 0.5) is 0 Å². The molecule has 0 spiro atoms. The minimum Gasteiger partial charge on any atom is -0.114 e. The third-order valence-corrected chi connectivity index (χ3v) is 0.940. The van der Waals surface area contributed by atoms with Crippen LogP contribution in [0.2, 0.25) is 0 Å². The van der Waals surface area contributed by atoms with Gasteiger partial charge in [0.2, 0.25) is 0 Å². The van der Waals surface area contributed by atoms with Crippen LogP contribution in [0.15, 0.2) is 30.3 Å². The Bertz CT molecular complexity index is 142. The summed E-state index contributed by atoms with van der Waals surface area (Å²) in [5, 5.41) is 0. The Morgan fingerprint density at radius 1 is 0.900 bits per heavy atom. The van der Waals surface area contributed by atoms with E-state index < -0.39 is 0 Å². The molecule has 1 aromatic carbocycles. The van der Waals surface area contributed by atoms with Crippen LogP contribution in [0.25, 0.3) is 0 Å². The Labute approximate surface area is 95.7 Å². The van der Waals surface area contributed by atoms with Crippen molar-refractivity contribution in [2.75, 3.05) is 0 Å². The number of hydrogen-bond acceptors (Lipinski definition) is 0. The van der Waals surface area contributed by atoms with Crippen molar-refractivity contribution < 1.29 is 19.5 Å². The fraction of sp³-hybridized carbons (Fsp3) is 0.143. The van der Waals surface area contributed by atoms with Crippen LogP contribution < -0.4 is 0 Å². The Balaban J connectivity index is -0.000000163. The zero-order chi connectivity index (χ0) is 5.11. The summed E-state index contributed by atoms with van der Waals surface area (Å²) in [7, 11) is 0. The van der Waals surface area contributed by atoms with Crippen molar-refractivity contribution in [1.82, 2.24) is 0 Å². The molecule has 0 saturated heterocycles. The molecule has 0 unspecified atom stereocenters. The Morgan fingerprint density at radius 3 is 1.50 bits per heavy atom. The summed E-state index contributed by atoms with van der Waals surface area (Å²) in [6, 6.07) is 10.3. The van der Waals surface area contributed by atoms with Crippen LogP contribution in [0.1, 0.15) is 5.56 Å². The second kappa shape index (κ2) is 9.80. The van der Waals surface area contributed by atoms with Gasteiger partial charge < -0.3 is 0 Å². The summed E-state index contributed by atoms with van der Waals surface area (Å²) in [4.78, 5) is 0. The predicted octanol–water partition coefficient (Wildman–Crippen LogP) is 3.15.